The number of amides is 1. The van der Waals surface area contributed by atoms with Crippen molar-refractivity contribution in [3.8, 4) is 0 Å². The van der Waals surface area contributed by atoms with E-state index in [0.29, 0.717) is 25.4 Å². The highest BCUT2D eigenvalue weighted by Gasteiger charge is 2.21. The molecule has 0 fully saturated rings. The Labute approximate surface area is 116 Å². The molecule has 0 aliphatic rings. The summed E-state index contributed by atoms with van der Waals surface area (Å²) < 4.78 is 0. The van der Waals surface area contributed by atoms with Crippen molar-refractivity contribution in [2.24, 2.45) is 11.7 Å². The lowest BCUT2D eigenvalue weighted by Crippen LogP contribution is -2.33. The molecule has 19 heavy (non-hydrogen) atoms. The molecule has 0 radical (unpaired) electrons. The molecule has 3 nitrogen and oxygen atoms in total. The van der Waals surface area contributed by atoms with Crippen LogP contribution in [0.25, 0.3) is 0 Å². The zero-order chi connectivity index (χ0) is 14.4. The van der Waals surface area contributed by atoms with Crippen LogP contribution in [0.1, 0.15) is 42.9 Å². The molecule has 0 bridgehead atoms. The first-order valence-corrected chi connectivity index (χ1v) is 7.00. The van der Waals surface area contributed by atoms with Crippen LogP contribution in [0.3, 0.4) is 0 Å². The van der Waals surface area contributed by atoms with E-state index in [4.69, 9.17) is 5.73 Å². The molecule has 0 saturated carbocycles. The fourth-order valence-corrected chi connectivity index (χ4v) is 2.16. The van der Waals surface area contributed by atoms with Crippen LogP contribution in [0.4, 0.5) is 0 Å². The molecule has 1 amide bonds. The maximum atomic E-state index is 12.3. The third-order valence-corrected chi connectivity index (χ3v) is 3.27. The molecule has 1 rings (SSSR count). The molecule has 0 saturated heterocycles. The van der Waals surface area contributed by atoms with E-state index in [9.17, 15) is 4.79 Å². The van der Waals surface area contributed by atoms with Gasteiger partial charge in [-0.05, 0) is 43.9 Å². The predicted octanol–water partition coefficient (Wildman–Crippen LogP) is 2.51. The van der Waals surface area contributed by atoms with Gasteiger partial charge in [-0.25, -0.2) is 0 Å². The Kier molecular flexibility index (Phi) is 6.03. The van der Waals surface area contributed by atoms with Gasteiger partial charge in [-0.2, -0.15) is 0 Å². The minimum atomic E-state index is -0.136. The van der Waals surface area contributed by atoms with E-state index < -0.39 is 0 Å². The Morgan fingerprint density at radius 1 is 1.32 bits per heavy atom. The molecule has 1 aromatic carbocycles. The summed E-state index contributed by atoms with van der Waals surface area (Å²) in [7, 11) is 0. The van der Waals surface area contributed by atoms with Gasteiger partial charge >= 0.3 is 0 Å². The molecule has 0 spiro atoms. The first-order valence-electron chi connectivity index (χ1n) is 7.00. The maximum absolute atomic E-state index is 12.3. The Hall–Kier alpha value is -1.35. The largest absolute Gasteiger partial charge is 0.355 e. The lowest BCUT2D eigenvalue weighted by Gasteiger charge is -2.20. The second-order valence-electron chi connectivity index (χ2n) is 5.63. The van der Waals surface area contributed by atoms with E-state index in [1.165, 1.54) is 5.56 Å². The molecule has 0 aromatic heterocycles. The standard InChI is InChI=1S/C16H26N2O/c1-11(2)10-18-16(19)14(7-8-17)15-9-12(3)5-6-13(15)4/h5-6,9,11,14H,7-8,10,17H2,1-4H3,(H,18,19). The van der Waals surface area contributed by atoms with E-state index in [2.05, 4.69) is 44.3 Å². The number of rotatable bonds is 6. The van der Waals surface area contributed by atoms with Gasteiger partial charge in [-0.1, -0.05) is 37.6 Å². The molecule has 0 aliphatic heterocycles. The van der Waals surface area contributed by atoms with E-state index in [1.807, 2.05) is 6.92 Å². The molecule has 106 valence electrons. The Morgan fingerprint density at radius 2 is 2.00 bits per heavy atom. The summed E-state index contributed by atoms with van der Waals surface area (Å²) in [6.45, 7) is 9.52. The number of nitrogens with two attached hydrogens (primary N) is 1. The molecule has 0 aliphatic carbocycles. The number of hydrogen-bond donors (Lipinski definition) is 2. The number of hydrogen-bond acceptors (Lipinski definition) is 2. The normalized spacial score (nSPS) is 12.5. The van der Waals surface area contributed by atoms with E-state index in [1.54, 1.807) is 0 Å². The number of carbonyl (C=O) groups is 1. The monoisotopic (exact) mass is 262 g/mol. The van der Waals surface area contributed by atoms with Crippen molar-refractivity contribution in [2.45, 2.75) is 40.0 Å². The second kappa shape index (κ2) is 7.29. The summed E-state index contributed by atoms with van der Waals surface area (Å²) in [6.07, 6.45) is 0.689. The minimum Gasteiger partial charge on any atom is -0.355 e. The van der Waals surface area contributed by atoms with E-state index >= 15 is 0 Å². The van der Waals surface area contributed by atoms with Crippen molar-refractivity contribution in [1.29, 1.82) is 0 Å². The van der Waals surface area contributed by atoms with Crippen LogP contribution in [0, 0.1) is 19.8 Å². The fraction of sp³-hybridized carbons (Fsp3) is 0.562. The molecule has 0 heterocycles. The van der Waals surface area contributed by atoms with Gasteiger partial charge in [-0.3, -0.25) is 4.79 Å². The van der Waals surface area contributed by atoms with Gasteiger partial charge in [0.15, 0.2) is 0 Å². The van der Waals surface area contributed by atoms with Crippen LogP contribution in [0.2, 0.25) is 0 Å². The summed E-state index contributed by atoms with van der Waals surface area (Å²) in [4.78, 5) is 12.3. The Bertz CT molecular complexity index is 427. The van der Waals surface area contributed by atoms with Crippen LogP contribution in [0.15, 0.2) is 18.2 Å². The van der Waals surface area contributed by atoms with Gasteiger partial charge in [0.25, 0.3) is 0 Å². The van der Waals surface area contributed by atoms with Gasteiger partial charge < -0.3 is 11.1 Å². The highest BCUT2D eigenvalue weighted by Crippen LogP contribution is 2.24. The third kappa shape index (κ3) is 4.67. The minimum absolute atomic E-state index is 0.0906. The molecule has 3 N–H and O–H groups in total. The third-order valence-electron chi connectivity index (χ3n) is 3.27. The van der Waals surface area contributed by atoms with Gasteiger partial charge in [-0.15, -0.1) is 0 Å². The molecule has 1 atom stereocenters. The number of aryl methyl sites for hydroxylation is 2. The zero-order valence-corrected chi connectivity index (χ0v) is 12.5. The van der Waals surface area contributed by atoms with Crippen molar-refractivity contribution < 1.29 is 4.79 Å². The van der Waals surface area contributed by atoms with Gasteiger partial charge in [0.2, 0.25) is 5.91 Å². The number of nitrogens with one attached hydrogen (secondary N) is 1. The van der Waals surface area contributed by atoms with Crippen molar-refractivity contribution >= 4 is 5.91 Å². The molecule has 1 aromatic rings. The summed E-state index contributed by atoms with van der Waals surface area (Å²) in [5, 5.41) is 3.02. The second-order valence-corrected chi connectivity index (χ2v) is 5.63. The fourth-order valence-electron chi connectivity index (χ4n) is 2.16. The molecule has 1 unspecified atom stereocenters. The first kappa shape index (κ1) is 15.7. The van der Waals surface area contributed by atoms with Gasteiger partial charge in [0, 0.05) is 6.54 Å². The first-order chi connectivity index (χ1) is 8.95. The average molecular weight is 262 g/mol. The van der Waals surface area contributed by atoms with Gasteiger partial charge in [0.1, 0.15) is 0 Å². The van der Waals surface area contributed by atoms with Crippen molar-refractivity contribution in [1.82, 2.24) is 5.32 Å². The lowest BCUT2D eigenvalue weighted by atomic mass is 9.90. The van der Waals surface area contributed by atoms with Crippen molar-refractivity contribution in [3.05, 3.63) is 34.9 Å². The quantitative estimate of drug-likeness (QED) is 0.827. The Balaban J connectivity index is 2.92. The van der Waals surface area contributed by atoms with Crippen LogP contribution in [-0.2, 0) is 4.79 Å². The number of carbonyl (C=O) groups excluding carboxylic acids is 1. The highest BCUT2D eigenvalue weighted by molar-refractivity contribution is 5.84. The SMILES string of the molecule is Cc1ccc(C)c(C(CCN)C(=O)NCC(C)C)c1. The van der Waals surface area contributed by atoms with Crippen LogP contribution in [0.5, 0.6) is 0 Å². The predicted molar refractivity (Wildman–Crippen MR) is 80.2 cm³/mol. The van der Waals surface area contributed by atoms with Crippen molar-refractivity contribution in [2.75, 3.05) is 13.1 Å². The van der Waals surface area contributed by atoms with Crippen LogP contribution < -0.4 is 11.1 Å². The Morgan fingerprint density at radius 3 is 2.58 bits per heavy atom. The molecular formula is C16H26N2O. The molecule has 3 heteroatoms. The summed E-state index contributed by atoms with van der Waals surface area (Å²) in [5.74, 6) is 0.414. The zero-order valence-electron chi connectivity index (χ0n) is 12.5. The van der Waals surface area contributed by atoms with Gasteiger partial charge in [0.05, 0.1) is 5.92 Å². The highest BCUT2D eigenvalue weighted by atomic mass is 16.1. The maximum Gasteiger partial charge on any atom is 0.227 e. The van der Waals surface area contributed by atoms with Crippen molar-refractivity contribution in [3.63, 3.8) is 0 Å². The molecular weight excluding hydrogens is 236 g/mol. The van der Waals surface area contributed by atoms with E-state index in [0.717, 1.165) is 11.1 Å². The van der Waals surface area contributed by atoms with Crippen LogP contribution >= 0.6 is 0 Å². The lowest BCUT2D eigenvalue weighted by molar-refractivity contribution is -0.122. The summed E-state index contributed by atoms with van der Waals surface area (Å²) in [5.41, 5.74) is 9.11. The van der Waals surface area contributed by atoms with Crippen LogP contribution in [-0.4, -0.2) is 19.0 Å². The number of benzene rings is 1. The topological polar surface area (TPSA) is 55.1 Å². The van der Waals surface area contributed by atoms with E-state index in [-0.39, 0.29) is 11.8 Å². The summed E-state index contributed by atoms with van der Waals surface area (Å²) in [6, 6.07) is 6.25. The smallest absolute Gasteiger partial charge is 0.227 e. The average Bonchev–Trinajstić information content (AvgIpc) is 2.36. The summed E-state index contributed by atoms with van der Waals surface area (Å²) >= 11 is 0.